The zero-order chi connectivity index (χ0) is 20.0. The molecule has 1 fully saturated rings. The highest BCUT2D eigenvalue weighted by Gasteiger charge is 2.23. The third kappa shape index (κ3) is 5.95. The van der Waals surface area contributed by atoms with Gasteiger partial charge in [0.05, 0.1) is 18.8 Å². The molecule has 0 bridgehead atoms. The third-order valence-electron chi connectivity index (χ3n) is 4.71. The van der Waals surface area contributed by atoms with Gasteiger partial charge in [0, 0.05) is 13.1 Å². The van der Waals surface area contributed by atoms with Crippen molar-refractivity contribution < 1.29 is 22.8 Å². The Hall–Kier alpha value is -2.09. The van der Waals surface area contributed by atoms with Crippen molar-refractivity contribution in [3.8, 4) is 0 Å². The molecule has 1 heterocycles. The summed E-state index contributed by atoms with van der Waals surface area (Å²) in [5, 5.41) is 2.24. The fourth-order valence-corrected chi connectivity index (χ4v) is 3.09. The van der Waals surface area contributed by atoms with Crippen LogP contribution in [0.5, 0.6) is 0 Å². The van der Waals surface area contributed by atoms with Crippen molar-refractivity contribution in [3.05, 3.63) is 29.6 Å². The average Bonchev–Trinajstić information content (AvgIpc) is 2.63. The molecule has 0 spiro atoms. The second kappa shape index (κ2) is 9.73. The van der Waals surface area contributed by atoms with Gasteiger partial charge in [-0.15, -0.1) is 0 Å². The van der Waals surface area contributed by atoms with Gasteiger partial charge < -0.3 is 10.2 Å². The van der Waals surface area contributed by atoms with Gasteiger partial charge in [-0.1, -0.05) is 13.8 Å². The van der Waals surface area contributed by atoms with Crippen LogP contribution in [-0.4, -0.2) is 54.3 Å². The van der Waals surface area contributed by atoms with Gasteiger partial charge in [-0.05, 0) is 43.9 Å². The molecule has 0 radical (unpaired) electrons. The highest BCUT2D eigenvalue weighted by Crippen LogP contribution is 2.20. The highest BCUT2D eigenvalue weighted by atomic mass is 19.2. The van der Waals surface area contributed by atoms with Crippen LogP contribution in [0.3, 0.4) is 0 Å². The fourth-order valence-electron chi connectivity index (χ4n) is 3.09. The van der Waals surface area contributed by atoms with E-state index in [9.17, 15) is 22.8 Å². The first-order chi connectivity index (χ1) is 12.8. The molecule has 0 unspecified atom stereocenters. The molecule has 0 atom stereocenters. The summed E-state index contributed by atoms with van der Waals surface area (Å²) in [6.07, 6.45) is 2.67. The van der Waals surface area contributed by atoms with E-state index in [2.05, 4.69) is 12.2 Å². The molecule has 1 saturated heterocycles. The first-order valence-electron chi connectivity index (χ1n) is 9.25. The minimum absolute atomic E-state index is 0.0397. The lowest BCUT2D eigenvalue weighted by Gasteiger charge is -2.32. The largest absolute Gasteiger partial charge is 0.342 e. The molecule has 8 heteroatoms. The summed E-state index contributed by atoms with van der Waals surface area (Å²) in [5.41, 5.74) is -0.424. The Bertz CT molecular complexity index is 676. The van der Waals surface area contributed by atoms with E-state index < -0.39 is 29.0 Å². The number of likely N-dealkylation sites (tertiary alicyclic amines) is 1. The van der Waals surface area contributed by atoms with Crippen LogP contribution in [0.1, 0.15) is 33.1 Å². The number of nitrogens with zero attached hydrogens (tertiary/aromatic N) is 2. The van der Waals surface area contributed by atoms with Crippen molar-refractivity contribution >= 4 is 17.5 Å². The molecule has 1 N–H and O–H groups in total. The van der Waals surface area contributed by atoms with E-state index in [4.69, 9.17) is 0 Å². The lowest BCUT2D eigenvalue weighted by Crippen LogP contribution is -2.45. The van der Waals surface area contributed by atoms with Gasteiger partial charge >= 0.3 is 0 Å². The quantitative estimate of drug-likeness (QED) is 0.734. The number of halogens is 3. The zero-order valence-corrected chi connectivity index (χ0v) is 15.7. The van der Waals surface area contributed by atoms with E-state index in [0.717, 1.165) is 31.4 Å². The zero-order valence-electron chi connectivity index (χ0n) is 15.7. The van der Waals surface area contributed by atoms with E-state index in [-0.39, 0.29) is 19.0 Å². The number of anilines is 1. The summed E-state index contributed by atoms with van der Waals surface area (Å²) in [4.78, 5) is 28.1. The average molecular weight is 385 g/mol. The summed E-state index contributed by atoms with van der Waals surface area (Å²) in [5.74, 6) is -4.41. The van der Waals surface area contributed by atoms with Crippen molar-refractivity contribution in [1.82, 2.24) is 9.80 Å². The maximum Gasteiger partial charge on any atom is 0.238 e. The van der Waals surface area contributed by atoms with Crippen molar-refractivity contribution in [2.45, 2.75) is 33.1 Å². The molecular formula is C19H26F3N3O2. The second-order valence-corrected chi connectivity index (χ2v) is 7.05. The Labute approximate surface area is 157 Å². The molecule has 2 amide bonds. The monoisotopic (exact) mass is 385 g/mol. The SMILES string of the molecule is CCCN(CC(=O)Nc1ccc(F)c(F)c1F)CC(=O)N1CCC(C)CC1. The minimum Gasteiger partial charge on any atom is -0.342 e. The predicted octanol–water partition coefficient (Wildman–Crippen LogP) is 3.01. The Kier molecular flexibility index (Phi) is 7.65. The maximum absolute atomic E-state index is 13.7. The maximum atomic E-state index is 13.7. The summed E-state index contributed by atoms with van der Waals surface area (Å²) >= 11 is 0. The van der Waals surface area contributed by atoms with Crippen LogP contribution in [0.25, 0.3) is 0 Å². The third-order valence-corrected chi connectivity index (χ3v) is 4.71. The molecule has 27 heavy (non-hydrogen) atoms. The van der Waals surface area contributed by atoms with Gasteiger partial charge in [-0.2, -0.15) is 0 Å². The van der Waals surface area contributed by atoms with Crippen LogP contribution in [0.2, 0.25) is 0 Å². The van der Waals surface area contributed by atoms with E-state index in [0.29, 0.717) is 25.6 Å². The standard InChI is InChI=1S/C19H26F3N3O2/c1-3-8-24(12-17(27)25-9-6-13(2)7-10-25)11-16(26)23-15-5-4-14(20)18(21)19(15)22/h4-5,13H,3,6-12H2,1-2H3,(H,23,26). The molecule has 0 aromatic heterocycles. The molecule has 1 aliphatic heterocycles. The van der Waals surface area contributed by atoms with Crippen LogP contribution < -0.4 is 5.32 Å². The minimum atomic E-state index is -1.63. The molecule has 1 aromatic rings. The van der Waals surface area contributed by atoms with Gasteiger partial charge in [-0.25, -0.2) is 13.2 Å². The Morgan fingerprint density at radius 2 is 1.81 bits per heavy atom. The Morgan fingerprint density at radius 1 is 1.15 bits per heavy atom. The summed E-state index contributed by atoms with van der Waals surface area (Å²) in [7, 11) is 0. The van der Waals surface area contributed by atoms with Gasteiger partial charge in [0.2, 0.25) is 11.8 Å². The number of nitrogens with one attached hydrogen (secondary N) is 1. The van der Waals surface area contributed by atoms with E-state index in [1.165, 1.54) is 0 Å². The topological polar surface area (TPSA) is 52.7 Å². The van der Waals surface area contributed by atoms with Crippen LogP contribution in [0.15, 0.2) is 12.1 Å². The van der Waals surface area contributed by atoms with Crippen LogP contribution >= 0.6 is 0 Å². The predicted molar refractivity (Wildman–Crippen MR) is 96.7 cm³/mol. The smallest absolute Gasteiger partial charge is 0.238 e. The number of carbonyl (C=O) groups is 2. The summed E-state index contributed by atoms with van der Waals surface area (Å²) in [6, 6.07) is 1.72. The van der Waals surface area contributed by atoms with Crippen molar-refractivity contribution in [3.63, 3.8) is 0 Å². The molecule has 150 valence electrons. The van der Waals surface area contributed by atoms with Crippen molar-refractivity contribution in [2.24, 2.45) is 5.92 Å². The number of benzene rings is 1. The van der Waals surface area contributed by atoms with Crippen molar-refractivity contribution in [2.75, 3.05) is 38.0 Å². The Balaban J connectivity index is 1.93. The fraction of sp³-hybridized carbons (Fsp3) is 0.579. The first kappa shape index (κ1) is 21.2. The number of hydrogen-bond acceptors (Lipinski definition) is 3. The summed E-state index contributed by atoms with van der Waals surface area (Å²) in [6.45, 7) is 5.99. The molecule has 1 aromatic carbocycles. The van der Waals surface area contributed by atoms with Crippen LogP contribution in [-0.2, 0) is 9.59 Å². The molecule has 0 saturated carbocycles. The summed E-state index contributed by atoms with van der Waals surface area (Å²) < 4.78 is 39.9. The Morgan fingerprint density at radius 3 is 2.44 bits per heavy atom. The van der Waals surface area contributed by atoms with E-state index >= 15 is 0 Å². The molecule has 1 aliphatic rings. The highest BCUT2D eigenvalue weighted by molar-refractivity contribution is 5.92. The first-order valence-corrected chi connectivity index (χ1v) is 9.25. The molecule has 5 nitrogen and oxygen atoms in total. The van der Waals surface area contributed by atoms with Gasteiger partial charge in [0.1, 0.15) is 0 Å². The van der Waals surface area contributed by atoms with E-state index in [1.54, 1.807) is 9.80 Å². The van der Waals surface area contributed by atoms with Crippen LogP contribution in [0, 0.1) is 23.4 Å². The number of amides is 2. The normalized spacial score (nSPS) is 15.3. The second-order valence-electron chi connectivity index (χ2n) is 7.05. The lowest BCUT2D eigenvalue weighted by molar-refractivity contribution is -0.134. The van der Waals surface area contributed by atoms with Crippen LogP contribution in [0.4, 0.5) is 18.9 Å². The molecule has 0 aliphatic carbocycles. The number of piperidine rings is 1. The number of rotatable bonds is 7. The van der Waals surface area contributed by atoms with Crippen molar-refractivity contribution in [1.29, 1.82) is 0 Å². The number of carbonyl (C=O) groups excluding carboxylic acids is 2. The van der Waals surface area contributed by atoms with Gasteiger partial charge in [0.25, 0.3) is 0 Å². The lowest BCUT2D eigenvalue weighted by atomic mass is 9.99. The molecular weight excluding hydrogens is 359 g/mol. The van der Waals surface area contributed by atoms with Gasteiger partial charge in [-0.3, -0.25) is 14.5 Å². The molecule has 2 rings (SSSR count). The van der Waals surface area contributed by atoms with E-state index in [1.807, 2.05) is 6.92 Å². The van der Waals surface area contributed by atoms with Gasteiger partial charge in [0.15, 0.2) is 17.5 Å². The number of hydrogen-bond donors (Lipinski definition) is 1.